The van der Waals surface area contributed by atoms with Gasteiger partial charge in [-0.25, -0.2) is 4.39 Å². The smallest absolute Gasteiger partial charge is 0.257 e. The number of likely N-dealkylation sites (tertiary alicyclic amines) is 1. The molecule has 0 spiro atoms. The van der Waals surface area contributed by atoms with Gasteiger partial charge in [-0.05, 0) is 69.4 Å². The Morgan fingerprint density at radius 2 is 1.91 bits per heavy atom. The first-order chi connectivity index (χ1) is 15.4. The van der Waals surface area contributed by atoms with Crippen molar-refractivity contribution in [1.29, 1.82) is 0 Å². The zero-order valence-electron chi connectivity index (χ0n) is 18.6. The third-order valence-electron chi connectivity index (χ3n) is 6.83. The van der Waals surface area contributed by atoms with Crippen LogP contribution in [0.3, 0.4) is 0 Å². The van der Waals surface area contributed by atoms with Crippen LogP contribution in [0.5, 0.6) is 0 Å². The average molecular weight is 438 g/mol. The van der Waals surface area contributed by atoms with E-state index in [-0.39, 0.29) is 23.7 Å². The standard InChI is InChI=1S/C24H28FN5O2/c1-16-13-17(2)30(27-16)15-21(31)29-11-9-24(10-12-29,14-18-3-4-18)23-26-22(32-28-23)19-5-7-20(25)8-6-19/h5-8,13,18H,3-4,9-12,14-15H2,1-2H3. The van der Waals surface area contributed by atoms with E-state index >= 15 is 0 Å². The van der Waals surface area contributed by atoms with Crippen LogP contribution in [0.15, 0.2) is 34.9 Å². The number of piperidine rings is 1. The van der Waals surface area contributed by atoms with Crippen molar-refractivity contribution in [2.75, 3.05) is 13.1 Å². The molecule has 2 aliphatic rings. The Kier molecular flexibility index (Phi) is 5.31. The van der Waals surface area contributed by atoms with Crippen molar-refractivity contribution in [1.82, 2.24) is 24.8 Å². The summed E-state index contributed by atoms with van der Waals surface area (Å²) < 4.78 is 20.6. The number of rotatable bonds is 6. The van der Waals surface area contributed by atoms with Gasteiger partial charge in [0.25, 0.3) is 5.89 Å². The summed E-state index contributed by atoms with van der Waals surface area (Å²) in [4.78, 5) is 19.6. The predicted octanol–water partition coefficient (Wildman–Crippen LogP) is 4.05. The van der Waals surface area contributed by atoms with Crippen molar-refractivity contribution >= 4 is 5.91 Å². The average Bonchev–Trinajstić information content (AvgIpc) is 3.33. The number of aromatic nitrogens is 4. The van der Waals surface area contributed by atoms with Crippen molar-refractivity contribution < 1.29 is 13.7 Å². The first-order valence-electron chi connectivity index (χ1n) is 11.3. The maximum atomic E-state index is 13.3. The van der Waals surface area contributed by atoms with E-state index in [0.717, 1.165) is 36.5 Å². The molecule has 5 rings (SSSR count). The molecule has 168 valence electrons. The van der Waals surface area contributed by atoms with Crippen LogP contribution in [0.4, 0.5) is 4.39 Å². The van der Waals surface area contributed by atoms with E-state index in [4.69, 9.17) is 9.51 Å². The van der Waals surface area contributed by atoms with E-state index < -0.39 is 0 Å². The molecule has 0 N–H and O–H groups in total. The topological polar surface area (TPSA) is 77.0 Å². The van der Waals surface area contributed by atoms with Crippen LogP contribution in [0.1, 0.15) is 49.3 Å². The molecular weight excluding hydrogens is 409 g/mol. The molecular formula is C24H28FN5O2. The quantitative estimate of drug-likeness (QED) is 0.581. The Morgan fingerprint density at radius 1 is 1.19 bits per heavy atom. The van der Waals surface area contributed by atoms with Crippen LogP contribution in [0.2, 0.25) is 0 Å². The molecule has 1 saturated heterocycles. The van der Waals surface area contributed by atoms with Gasteiger partial charge in [0.05, 0.1) is 5.69 Å². The Hall–Kier alpha value is -3.03. The number of nitrogens with zero attached hydrogens (tertiary/aromatic N) is 5. The normalized spacial score (nSPS) is 18.2. The first kappa shape index (κ1) is 20.8. The van der Waals surface area contributed by atoms with Crippen molar-refractivity contribution in [3.05, 3.63) is 53.4 Å². The zero-order chi connectivity index (χ0) is 22.3. The minimum atomic E-state index is -0.295. The largest absolute Gasteiger partial charge is 0.341 e. The maximum Gasteiger partial charge on any atom is 0.257 e. The second-order valence-electron chi connectivity index (χ2n) is 9.32. The highest BCUT2D eigenvalue weighted by Gasteiger charge is 2.44. The van der Waals surface area contributed by atoms with Crippen molar-refractivity contribution in [2.45, 2.75) is 57.9 Å². The van der Waals surface area contributed by atoms with E-state index in [1.807, 2.05) is 24.8 Å². The molecule has 2 aromatic heterocycles. The summed E-state index contributed by atoms with van der Waals surface area (Å²) in [5.41, 5.74) is 2.45. The molecule has 0 atom stereocenters. The van der Waals surface area contributed by atoms with Gasteiger partial charge in [-0.2, -0.15) is 10.1 Å². The van der Waals surface area contributed by atoms with Crippen molar-refractivity contribution in [3.63, 3.8) is 0 Å². The lowest BCUT2D eigenvalue weighted by molar-refractivity contribution is -0.133. The summed E-state index contributed by atoms with van der Waals surface area (Å²) >= 11 is 0. The van der Waals surface area contributed by atoms with Gasteiger partial charge in [0.2, 0.25) is 5.91 Å². The minimum Gasteiger partial charge on any atom is -0.341 e. The number of benzene rings is 1. The third-order valence-corrected chi connectivity index (χ3v) is 6.83. The van der Waals surface area contributed by atoms with Gasteiger partial charge in [-0.15, -0.1) is 0 Å². The minimum absolute atomic E-state index is 0.0938. The van der Waals surface area contributed by atoms with Crippen LogP contribution in [-0.2, 0) is 16.8 Å². The molecule has 1 aliphatic carbocycles. The SMILES string of the molecule is Cc1cc(C)n(CC(=O)N2CCC(CC3CC3)(c3noc(-c4ccc(F)cc4)n3)CC2)n1. The lowest BCUT2D eigenvalue weighted by Crippen LogP contribution is -2.47. The van der Waals surface area contributed by atoms with Crippen LogP contribution in [0.25, 0.3) is 11.5 Å². The van der Waals surface area contributed by atoms with Gasteiger partial charge in [0.1, 0.15) is 12.4 Å². The molecule has 8 heteroatoms. The Bertz CT molecular complexity index is 1110. The monoisotopic (exact) mass is 437 g/mol. The van der Waals surface area contributed by atoms with E-state index in [1.54, 1.807) is 16.8 Å². The molecule has 0 unspecified atom stereocenters. The van der Waals surface area contributed by atoms with Crippen LogP contribution in [0, 0.1) is 25.6 Å². The maximum absolute atomic E-state index is 13.3. The summed E-state index contributed by atoms with van der Waals surface area (Å²) in [6, 6.07) is 8.08. The van der Waals surface area contributed by atoms with E-state index in [1.165, 1.54) is 25.0 Å². The molecule has 3 heterocycles. The summed E-state index contributed by atoms with van der Waals surface area (Å²) in [6.07, 6.45) is 5.13. The molecule has 0 radical (unpaired) electrons. The summed E-state index contributed by atoms with van der Waals surface area (Å²) in [7, 11) is 0. The Morgan fingerprint density at radius 3 is 2.53 bits per heavy atom. The zero-order valence-corrected chi connectivity index (χ0v) is 18.6. The highest BCUT2D eigenvalue weighted by molar-refractivity contribution is 5.76. The van der Waals surface area contributed by atoms with Gasteiger partial charge >= 0.3 is 0 Å². The number of amides is 1. The second kappa shape index (κ2) is 8.15. The lowest BCUT2D eigenvalue weighted by Gasteiger charge is -2.40. The molecule has 2 fully saturated rings. The molecule has 3 aromatic rings. The van der Waals surface area contributed by atoms with Crippen LogP contribution < -0.4 is 0 Å². The number of halogens is 1. The number of carbonyl (C=O) groups is 1. The fourth-order valence-electron chi connectivity index (χ4n) is 4.79. The molecule has 1 aliphatic heterocycles. The Balaban J connectivity index is 1.31. The van der Waals surface area contributed by atoms with Gasteiger partial charge in [-0.3, -0.25) is 9.48 Å². The predicted molar refractivity (Wildman–Crippen MR) is 116 cm³/mol. The summed E-state index contributed by atoms with van der Waals surface area (Å²) in [5, 5.41) is 8.77. The third kappa shape index (κ3) is 4.18. The van der Waals surface area contributed by atoms with E-state index in [9.17, 15) is 9.18 Å². The van der Waals surface area contributed by atoms with Crippen LogP contribution >= 0.6 is 0 Å². The fourth-order valence-corrected chi connectivity index (χ4v) is 4.79. The molecule has 1 aromatic carbocycles. The number of hydrogen-bond donors (Lipinski definition) is 0. The molecule has 0 bridgehead atoms. The number of hydrogen-bond acceptors (Lipinski definition) is 5. The fraction of sp³-hybridized carbons (Fsp3) is 0.500. The highest BCUT2D eigenvalue weighted by atomic mass is 19.1. The van der Waals surface area contributed by atoms with Gasteiger partial charge in [0, 0.05) is 29.8 Å². The van der Waals surface area contributed by atoms with Crippen molar-refractivity contribution in [3.8, 4) is 11.5 Å². The van der Waals surface area contributed by atoms with E-state index in [2.05, 4.69) is 10.3 Å². The highest BCUT2D eigenvalue weighted by Crippen LogP contribution is 2.46. The molecule has 32 heavy (non-hydrogen) atoms. The van der Waals surface area contributed by atoms with E-state index in [0.29, 0.717) is 30.5 Å². The first-order valence-corrected chi connectivity index (χ1v) is 11.3. The Labute approximate surface area is 186 Å². The lowest BCUT2D eigenvalue weighted by atomic mass is 9.73. The van der Waals surface area contributed by atoms with Gasteiger partial charge in [-0.1, -0.05) is 18.0 Å². The summed E-state index contributed by atoms with van der Waals surface area (Å²) in [6.45, 7) is 5.52. The van der Waals surface area contributed by atoms with Crippen LogP contribution in [-0.4, -0.2) is 43.8 Å². The summed E-state index contributed by atoms with van der Waals surface area (Å²) in [5.74, 6) is 1.62. The second-order valence-corrected chi connectivity index (χ2v) is 9.32. The van der Waals surface area contributed by atoms with Gasteiger partial charge in [0.15, 0.2) is 5.82 Å². The van der Waals surface area contributed by atoms with Gasteiger partial charge < -0.3 is 9.42 Å². The number of carbonyl (C=O) groups excluding carboxylic acids is 1. The molecule has 1 amide bonds. The molecule has 7 nitrogen and oxygen atoms in total. The number of aryl methyl sites for hydroxylation is 2. The van der Waals surface area contributed by atoms with Crippen molar-refractivity contribution in [2.24, 2.45) is 5.92 Å². The molecule has 1 saturated carbocycles.